The summed E-state index contributed by atoms with van der Waals surface area (Å²) in [5.74, 6) is -0.0104. The molecule has 1 aliphatic rings. The van der Waals surface area contributed by atoms with Crippen LogP contribution < -0.4 is 4.74 Å². The Morgan fingerprint density at radius 3 is 2.77 bits per heavy atom. The second-order valence-corrected chi connectivity index (χ2v) is 7.17. The van der Waals surface area contributed by atoms with Crippen LogP contribution in [0.15, 0.2) is 30.6 Å². The summed E-state index contributed by atoms with van der Waals surface area (Å²) in [6.45, 7) is 0.140. The van der Waals surface area contributed by atoms with Crippen molar-refractivity contribution in [1.82, 2.24) is 19.5 Å². The van der Waals surface area contributed by atoms with Crippen LogP contribution in [0.3, 0.4) is 0 Å². The number of imidazole rings is 1. The third kappa shape index (κ3) is 4.60. The lowest BCUT2D eigenvalue weighted by atomic mass is 10.1. The Balaban J connectivity index is 1.44. The fourth-order valence-corrected chi connectivity index (χ4v) is 3.49. The molecule has 0 aliphatic carbocycles. The van der Waals surface area contributed by atoms with E-state index in [1.807, 2.05) is 0 Å². The lowest BCUT2D eigenvalue weighted by Gasteiger charge is -2.13. The number of hydrogen-bond acceptors (Lipinski definition) is 9. The largest absolute Gasteiger partial charge is 0.476 e. The highest BCUT2D eigenvalue weighted by molar-refractivity contribution is 5.76. The lowest BCUT2D eigenvalue weighted by molar-refractivity contribution is -0.384. The smallest absolute Gasteiger partial charge is 0.314 e. The quantitative estimate of drug-likeness (QED) is 0.302. The second-order valence-electron chi connectivity index (χ2n) is 7.17. The van der Waals surface area contributed by atoms with Crippen molar-refractivity contribution < 1.29 is 29.0 Å². The number of hydrogen-bond donors (Lipinski definition) is 2. The summed E-state index contributed by atoms with van der Waals surface area (Å²) in [5, 5.41) is 29.8. The van der Waals surface area contributed by atoms with Crippen LogP contribution in [-0.2, 0) is 17.7 Å². The van der Waals surface area contributed by atoms with E-state index in [0.29, 0.717) is 12.8 Å². The normalized spacial score (nSPS) is 20.9. The first-order chi connectivity index (χ1) is 14.9. The molecule has 164 valence electrons. The van der Waals surface area contributed by atoms with Crippen molar-refractivity contribution in [1.29, 1.82) is 0 Å². The number of ether oxygens (including phenoxy) is 2. The molecule has 3 atom stereocenters. The third-order valence-corrected chi connectivity index (χ3v) is 5.06. The summed E-state index contributed by atoms with van der Waals surface area (Å²) in [6.07, 6.45) is -0.545. The van der Waals surface area contributed by atoms with Gasteiger partial charge in [0, 0.05) is 25.0 Å². The lowest BCUT2D eigenvalue weighted by Crippen LogP contribution is -2.24. The zero-order chi connectivity index (χ0) is 22.0. The highest BCUT2D eigenvalue weighted by Gasteiger charge is 2.33. The van der Waals surface area contributed by atoms with Crippen LogP contribution in [0.5, 0.6) is 5.88 Å². The van der Waals surface area contributed by atoms with Gasteiger partial charge in [0.05, 0.1) is 43.2 Å². The van der Waals surface area contributed by atoms with Crippen molar-refractivity contribution in [2.45, 2.75) is 37.7 Å². The number of aromatic nitrogens is 4. The van der Waals surface area contributed by atoms with Gasteiger partial charge >= 0.3 is 6.08 Å². The summed E-state index contributed by atoms with van der Waals surface area (Å²) in [4.78, 5) is 21.9. The van der Waals surface area contributed by atoms with Gasteiger partial charge in [-0.1, -0.05) is 12.1 Å². The molecule has 2 aromatic heterocycles. The van der Waals surface area contributed by atoms with Crippen LogP contribution in [-0.4, -0.2) is 66.2 Å². The molecule has 0 amide bonds. The average Bonchev–Trinajstić information content (AvgIpc) is 3.31. The molecule has 0 unspecified atom stereocenters. The van der Waals surface area contributed by atoms with Gasteiger partial charge in [-0.2, -0.15) is 14.4 Å². The van der Waals surface area contributed by atoms with E-state index >= 15 is 0 Å². The zero-order valence-electron chi connectivity index (χ0n) is 16.3. The summed E-state index contributed by atoms with van der Waals surface area (Å²) in [7, 11) is 0. The van der Waals surface area contributed by atoms with E-state index in [4.69, 9.17) is 9.47 Å². The van der Waals surface area contributed by atoms with E-state index < -0.39 is 23.2 Å². The van der Waals surface area contributed by atoms with Gasteiger partial charge in [-0.3, -0.25) is 10.1 Å². The van der Waals surface area contributed by atoms with Crippen LogP contribution in [0.2, 0.25) is 0 Å². The fraction of sp³-hybridized carbons (Fsp3) is 0.421. The first-order valence-corrected chi connectivity index (χ1v) is 9.63. The molecule has 3 aromatic rings. The van der Waals surface area contributed by atoms with E-state index in [2.05, 4.69) is 15.0 Å². The van der Waals surface area contributed by atoms with E-state index in [-0.39, 0.29) is 48.6 Å². The summed E-state index contributed by atoms with van der Waals surface area (Å²) in [6, 6.07) is 6.07. The molecule has 31 heavy (non-hydrogen) atoms. The molecule has 4 rings (SSSR count). The number of non-ortho nitro benzene ring substituents is 1. The Morgan fingerprint density at radius 1 is 1.32 bits per heavy atom. The molecule has 2 N–H and O–H groups in total. The van der Waals surface area contributed by atoms with Gasteiger partial charge in [-0.05, 0) is 5.56 Å². The first-order valence-electron chi connectivity index (χ1n) is 9.63. The molecular formula is C19H20FN5O6. The van der Waals surface area contributed by atoms with Crippen LogP contribution in [0.1, 0.15) is 12.0 Å². The van der Waals surface area contributed by atoms with Crippen molar-refractivity contribution in [2.75, 3.05) is 13.2 Å². The number of fused-ring (bicyclic) bond motifs is 1. The average molecular weight is 433 g/mol. The molecule has 11 nitrogen and oxygen atoms in total. The number of nitro groups is 1. The first kappa shape index (κ1) is 21.0. The monoisotopic (exact) mass is 433 g/mol. The molecule has 0 spiro atoms. The molecule has 0 saturated carbocycles. The van der Waals surface area contributed by atoms with Gasteiger partial charge in [0.2, 0.25) is 5.88 Å². The predicted octanol–water partition coefficient (Wildman–Crippen LogP) is 1.01. The molecule has 0 radical (unpaired) electrons. The Kier molecular flexibility index (Phi) is 6.02. The Bertz CT molecular complexity index is 1080. The zero-order valence-corrected chi connectivity index (χ0v) is 16.3. The predicted molar refractivity (Wildman–Crippen MR) is 104 cm³/mol. The Hall–Kier alpha value is -3.22. The van der Waals surface area contributed by atoms with Crippen molar-refractivity contribution in [3.63, 3.8) is 0 Å². The van der Waals surface area contributed by atoms with Gasteiger partial charge in [0.15, 0.2) is 11.2 Å². The third-order valence-electron chi connectivity index (χ3n) is 5.06. The summed E-state index contributed by atoms with van der Waals surface area (Å²) >= 11 is 0. The minimum absolute atomic E-state index is 0.00106. The summed E-state index contributed by atoms with van der Waals surface area (Å²) in [5.41, 5.74) is 1.32. The van der Waals surface area contributed by atoms with Gasteiger partial charge in [0.1, 0.15) is 6.10 Å². The molecular weight excluding hydrogens is 413 g/mol. The number of aliphatic hydroxyl groups is 2. The number of aliphatic hydroxyl groups excluding tert-OH is 2. The Morgan fingerprint density at radius 2 is 2.10 bits per heavy atom. The van der Waals surface area contributed by atoms with Crippen LogP contribution in [0.4, 0.5) is 10.1 Å². The van der Waals surface area contributed by atoms with E-state index in [1.165, 1.54) is 18.5 Å². The van der Waals surface area contributed by atoms with Gasteiger partial charge in [0.25, 0.3) is 5.69 Å². The molecule has 0 bridgehead atoms. The van der Waals surface area contributed by atoms with Crippen molar-refractivity contribution in [2.24, 2.45) is 0 Å². The number of benzene rings is 1. The second kappa shape index (κ2) is 8.88. The number of rotatable bonds is 8. The minimum Gasteiger partial charge on any atom is -0.476 e. The maximum atomic E-state index is 14.0. The maximum Gasteiger partial charge on any atom is 0.314 e. The minimum atomic E-state index is -0.972. The molecule has 1 aliphatic heterocycles. The van der Waals surface area contributed by atoms with E-state index in [0.717, 1.165) is 5.56 Å². The highest BCUT2D eigenvalue weighted by atomic mass is 19.1. The van der Waals surface area contributed by atoms with E-state index in [1.54, 1.807) is 16.7 Å². The number of nitro benzene ring substituents is 1. The molecule has 1 saturated heterocycles. The van der Waals surface area contributed by atoms with Crippen LogP contribution >= 0.6 is 0 Å². The highest BCUT2D eigenvalue weighted by Crippen LogP contribution is 2.25. The topological polar surface area (TPSA) is 146 Å². The molecule has 12 heteroatoms. The number of nitrogens with zero attached hydrogens (tertiary/aromatic N) is 5. The molecule has 1 aromatic carbocycles. The van der Waals surface area contributed by atoms with Gasteiger partial charge in [-0.15, -0.1) is 0 Å². The summed E-state index contributed by atoms with van der Waals surface area (Å²) < 4.78 is 26.8. The van der Waals surface area contributed by atoms with E-state index in [9.17, 15) is 24.7 Å². The van der Waals surface area contributed by atoms with Gasteiger partial charge in [-0.25, -0.2) is 4.98 Å². The van der Waals surface area contributed by atoms with Crippen LogP contribution in [0, 0.1) is 16.2 Å². The standard InChI is InChI=1S/C19H20FN5O6/c20-19-22-17-16(21-10-24(17)8-13-7-14(27)15(9-26)31-13)18(23-19)30-6-5-11-1-3-12(4-2-11)25(28)29/h1-4,10,13-15,26-27H,5-9H2/t13-,14-,15-/m1/s1. The maximum absolute atomic E-state index is 14.0. The Labute approximate surface area is 175 Å². The molecule has 3 heterocycles. The molecule has 1 fully saturated rings. The number of halogens is 1. The SMILES string of the molecule is O=[N+]([O-])c1ccc(CCOc2nc(F)nc3c2ncn3C[C@H]2C[C@@H](O)[C@@H](CO)O2)cc1. The van der Waals surface area contributed by atoms with Crippen molar-refractivity contribution >= 4 is 16.9 Å². The van der Waals surface area contributed by atoms with Gasteiger partial charge < -0.3 is 24.3 Å². The van der Waals surface area contributed by atoms with Crippen molar-refractivity contribution in [3.05, 3.63) is 52.3 Å². The fourth-order valence-electron chi connectivity index (χ4n) is 3.49. The van der Waals surface area contributed by atoms with Crippen molar-refractivity contribution in [3.8, 4) is 5.88 Å². The van der Waals surface area contributed by atoms with Crippen LogP contribution in [0.25, 0.3) is 11.2 Å².